The second-order valence-electron chi connectivity index (χ2n) is 12.1. The van der Waals surface area contributed by atoms with E-state index in [-0.39, 0.29) is 52.3 Å². The number of piperazine rings is 1. The largest absolute Gasteiger partial charge is 0.506 e. The SMILES string of the molecule is CC.CC.CN(C)c1c(O)cc(C(=C2C=C(O)C([NH+](C)C)C(O)=C2)c2cc(O)c(N3CCN(CCCCCC(=O)O)CC3)c(O)c2)cc1O. The van der Waals surface area contributed by atoms with Crippen LogP contribution in [0.4, 0.5) is 11.4 Å². The summed E-state index contributed by atoms with van der Waals surface area (Å²) in [7, 11) is 6.94. The summed E-state index contributed by atoms with van der Waals surface area (Å²) >= 11 is 0. The first-order valence-electron chi connectivity index (χ1n) is 17.1. The van der Waals surface area contributed by atoms with Gasteiger partial charge in [0, 0.05) is 46.7 Å². The summed E-state index contributed by atoms with van der Waals surface area (Å²) in [5, 5.41) is 74.7. The van der Waals surface area contributed by atoms with E-state index in [9.17, 15) is 35.4 Å². The molecule has 1 heterocycles. The highest BCUT2D eigenvalue weighted by Gasteiger charge is 2.31. The number of phenolic OH excluding ortho intramolecular Hbond substituents is 4. The first-order valence-corrected chi connectivity index (χ1v) is 17.1. The number of benzene rings is 2. The van der Waals surface area contributed by atoms with E-state index in [2.05, 4.69) is 4.90 Å². The quantitative estimate of drug-likeness (QED) is 0.155. The number of nitrogens with one attached hydrogen (secondary N) is 1. The third kappa shape index (κ3) is 10.2. The lowest BCUT2D eigenvalue weighted by atomic mass is 9.88. The summed E-state index contributed by atoms with van der Waals surface area (Å²) in [5.41, 5.74) is 1.86. The van der Waals surface area contributed by atoms with E-state index in [1.165, 1.54) is 36.4 Å². The lowest BCUT2D eigenvalue weighted by Gasteiger charge is -2.36. The lowest BCUT2D eigenvalue weighted by Crippen LogP contribution is -3.10. The molecule has 0 unspecified atom stereocenters. The van der Waals surface area contributed by atoms with Crippen LogP contribution in [-0.4, -0.2) is 114 Å². The maximum atomic E-state index is 11.3. The van der Waals surface area contributed by atoms with E-state index in [1.54, 1.807) is 33.1 Å². The molecule has 0 saturated carbocycles. The molecule has 0 bridgehead atoms. The van der Waals surface area contributed by atoms with Crippen molar-refractivity contribution in [1.82, 2.24) is 4.90 Å². The number of carboxylic acids is 1. The number of rotatable bonds is 11. The summed E-state index contributed by atoms with van der Waals surface area (Å²) in [5.74, 6) is -1.71. The number of carbonyl (C=O) groups is 1. The number of quaternary nitrogens is 1. The van der Waals surface area contributed by atoms with Gasteiger partial charge in [0.15, 0.2) is 11.5 Å². The summed E-state index contributed by atoms with van der Waals surface area (Å²) < 4.78 is 0. The highest BCUT2D eigenvalue weighted by atomic mass is 16.4. The van der Waals surface area contributed by atoms with Crippen LogP contribution in [0.15, 0.2) is 53.5 Å². The maximum Gasteiger partial charge on any atom is 0.303 e. The van der Waals surface area contributed by atoms with E-state index >= 15 is 0 Å². The van der Waals surface area contributed by atoms with Crippen LogP contribution < -0.4 is 14.7 Å². The zero-order valence-electron chi connectivity index (χ0n) is 30.3. The fourth-order valence-electron chi connectivity index (χ4n) is 6.18. The predicted octanol–water partition coefficient (Wildman–Crippen LogP) is 4.61. The van der Waals surface area contributed by atoms with Gasteiger partial charge in [0.2, 0.25) is 6.04 Å². The molecule has 0 radical (unpaired) electrons. The van der Waals surface area contributed by atoms with Crippen LogP contribution in [-0.2, 0) is 4.79 Å². The number of carboxylic acid groups (broad SMARTS) is 1. The molecule has 2 aromatic carbocycles. The Hall–Kier alpha value is -4.55. The molecule has 2 aromatic rings. The molecule has 12 heteroatoms. The number of unbranched alkanes of at least 4 members (excludes halogenated alkanes) is 2. The van der Waals surface area contributed by atoms with Crippen molar-refractivity contribution in [2.24, 2.45) is 0 Å². The van der Waals surface area contributed by atoms with E-state index in [0.29, 0.717) is 41.8 Å². The van der Waals surface area contributed by atoms with Gasteiger partial charge >= 0.3 is 5.97 Å². The van der Waals surface area contributed by atoms with Crippen molar-refractivity contribution in [1.29, 1.82) is 0 Å². The van der Waals surface area contributed by atoms with Crippen LogP contribution in [0.2, 0.25) is 0 Å². The Kier molecular flexibility index (Phi) is 15.6. The number of likely N-dealkylation sites (N-methyl/N-ethyl adjacent to an activating group) is 1. The van der Waals surface area contributed by atoms with Crippen molar-refractivity contribution in [2.75, 3.05) is 70.7 Å². The average molecular weight is 686 g/mol. The molecule has 2 aliphatic rings. The zero-order valence-corrected chi connectivity index (χ0v) is 30.3. The van der Waals surface area contributed by atoms with Crippen molar-refractivity contribution in [3.63, 3.8) is 0 Å². The molecule has 4 rings (SSSR count). The Labute approximate surface area is 290 Å². The minimum absolute atomic E-state index is 0.0920. The number of hydrogen-bond acceptors (Lipinski definition) is 10. The highest BCUT2D eigenvalue weighted by molar-refractivity contribution is 5.90. The van der Waals surface area contributed by atoms with Crippen molar-refractivity contribution in [2.45, 2.75) is 59.4 Å². The summed E-state index contributed by atoms with van der Waals surface area (Å²) in [6.45, 7) is 11.4. The third-order valence-electron chi connectivity index (χ3n) is 8.28. The van der Waals surface area contributed by atoms with Crippen molar-refractivity contribution >= 4 is 22.9 Å². The predicted molar refractivity (Wildman–Crippen MR) is 195 cm³/mol. The molecule has 0 atom stereocenters. The molecule has 8 N–H and O–H groups in total. The smallest absolute Gasteiger partial charge is 0.303 e. The Balaban J connectivity index is 0.00000201. The third-order valence-corrected chi connectivity index (χ3v) is 8.28. The lowest BCUT2D eigenvalue weighted by molar-refractivity contribution is -0.877. The van der Waals surface area contributed by atoms with Crippen LogP contribution in [0.3, 0.4) is 0 Å². The normalized spacial score (nSPS) is 16.1. The molecule has 0 spiro atoms. The second kappa shape index (κ2) is 18.8. The molecule has 49 heavy (non-hydrogen) atoms. The maximum absolute atomic E-state index is 11.3. The molecule has 1 saturated heterocycles. The number of aromatic hydroxyl groups is 4. The van der Waals surface area contributed by atoms with Crippen LogP contribution in [0.5, 0.6) is 23.0 Å². The van der Waals surface area contributed by atoms with Crippen molar-refractivity contribution in [3.8, 4) is 23.0 Å². The van der Waals surface area contributed by atoms with Gasteiger partial charge in [0.25, 0.3) is 0 Å². The minimum atomic E-state index is -0.780. The molecule has 1 aliphatic heterocycles. The number of hydrogen-bond donors (Lipinski definition) is 8. The average Bonchev–Trinajstić information content (AvgIpc) is 3.02. The van der Waals surface area contributed by atoms with Gasteiger partial charge in [-0.05, 0) is 78.1 Å². The fraction of sp³-hybridized carbons (Fsp3) is 0.486. The molecular weight excluding hydrogens is 628 g/mol. The number of aliphatic hydroxyl groups excluding tert-OH is 2. The fourth-order valence-corrected chi connectivity index (χ4v) is 6.18. The van der Waals surface area contributed by atoms with Crippen LogP contribution >= 0.6 is 0 Å². The van der Waals surface area contributed by atoms with Gasteiger partial charge in [0.05, 0.1) is 14.1 Å². The number of aliphatic hydroxyl groups is 2. The second-order valence-corrected chi connectivity index (χ2v) is 12.1. The van der Waals surface area contributed by atoms with Gasteiger partial charge in [-0.1, -0.05) is 34.1 Å². The van der Waals surface area contributed by atoms with E-state index in [4.69, 9.17) is 5.11 Å². The van der Waals surface area contributed by atoms with Crippen molar-refractivity contribution < 1.29 is 45.4 Å². The monoisotopic (exact) mass is 685 g/mol. The molecular formula is C37H57N4O8+. The Morgan fingerprint density at radius 2 is 1.22 bits per heavy atom. The van der Waals surface area contributed by atoms with Crippen LogP contribution in [0, 0.1) is 0 Å². The van der Waals surface area contributed by atoms with Gasteiger partial charge in [-0.3, -0.25) is 9.69 Å². The summed E-state index contributed by atoms with van der Waals surface area (Å²) in [6.07, 6.45) is 5.56. The molecule has 272 valence electrons. The van der Waals surface area contributed by atoms with Gasteiger partial charge in [-0.25, -0.2) is 0 Å². The molecule has 0 aromatic heterocycles. The first kappa shape index (κ1) is 40.6. The molecule has 12 nitrogen and oxygen atoms in total. The van der Waals surface area contributed by atoms with Gasteiger partial charge in [0.1, 0.15) is 34.4 Å². The Morgan fingerprint density at radius 3 is 1.65 bits per heavy atom. The van der Waals surface area contributed by atoms with E-state index in [1.807, 2.05) is 32.6 Å². The molecule has 1 fully saturated rings. The van der Waals surface area contributed by atoms with Crippen LogP contribution in [0.1, 0.15) is 64.5 Å². The number of anilines is 2. The van der Waals surface area contributed by atoms with Crippen LogP contribution in [0.25, 0.3) is 5.57 Å². The van der Waals surface area contributed by atoms with Gasteiger partial charge < -0.3 is 50.4 Å². The minimum Gasteiger partial charge on any atom is -0.506 e. The molecule has 0 amide bonds. The number of aliphatic carboxylic acids is 1. The topological polar surface area (TPSA) is 173 Å². The standard InChI is InChI=1S/C33H44N4O8.2C2H6/c1-34(2)31-23(38)14-20(15-24(31)39)30(21-16-25(40)32(35(3)4)26(41)17-21)22-18-27(42)33(28(43)19-22)37-12-10-36(11-13-37)9-7-5-6-8-29(44)45;2*1-2/h14-19,31,38-43H,5-13H2,1-4H3,(H,44,45);2*1-2H3/p+1. The number of nitrogens with zero attached hydrogens (tertiary/aromatic N) is 3. The highest BCUT2D eigenvalue weighted by Crippen LogP contribution is 2.45. The summed E-state index contributed by atoms with van der Waals surface area (Å²) in [4.78, 5) is 17.3. The van der Waals surface area contributed by atoms with Gasteiger partial charge in [-0.15, -0.1) is 0 Å². The Morgan fingerprint density at radius 1 is 0.755 bits per heavy atom. The first-order chi connectivity index (χ1) is 23.3. The number of allylic oxidation sites excluding steroid dienone is 3. The molecule has 1 aliphatic carbocycles. The van der Waals surface area contributed by atoms with E-state index < -0.39 is 12.0 Å². The number of phenols is 4. The van der Waals surface area contributed by atoms with Crippen molar-refractivity contribution in [3.05, 3.63) is 64.6 Å². The summed E-state index contributed by atoms with van der Waals surface area (Å²) in [6, 6.07) is 5.18. The van der Waals surface area contributed by atoms with E-state index in [0.717, 1.165) is 37.4 Å². The van der Waals surface area contributed by atoms with Gasteiger partial charge in [-0.2, -0.15) is 0 Å². The Bertz CT molecular complexity index is 1440. The zero-order chi connectivity index (χ0) is 37.0.